The molecule has 84 valence electrons. The van der Waals surface area contributed by atoms with Gasteiger partial charge in [-0.05, 0) is 23.8 Å². The Labute approximate surface area is 96.2 Å². The van der Waals surface area contributed by atoms with Gasteiger partial charge in [0.2, 0.25) is 0 Å². The van der Waals surface area contributed by atoms with Crippen LogP contribution in [0, 0.1) is 5.82 Å². The molecular weight excluding hydrogens is 235 g/mol. The third kappa shape index (κ3) is 2.39. The lowest BCUT2D eigenvalue weighted by Gasteiger charge is -2.20. The van der Waals surface area contributed by atoms with Crippen molar-refractivity contribution in [3.8, 4) is 0 Å². The number of benzene rings is 1. The number of carbonyl (C=O) groups excluding carboxylic acids is 2. The molecule has 0 amide bonds. The van der Waals surface area contributed by atoms with Gasteiger partial charge in [0.05, 0.1) is 12.8 Å². The van der Waals surface area contributed by atoms with Crippen molar-refractivity contribution in [3.05, 3.63) is 34.6 Å². The van der Waals surface area contributed by atoms with Crippen LogP contribution in [-0.2, 0) is 14.3 Å². The molecule has 0 spiro atoms. The first kappa shape index (κ1) is 11.1. The van der Waals surface area contributed by atoms with Crippen LogP contribution in [-0.4, -0.2) is 11.9 Å². The molecule has 0 saturated carbocycles. The predicted octanol–water partition coefficient (Wildman–Crippen LogP) is 2.43. The summed E-state index contributed by atoms with van der Waals surface area (Å²) in [5.74, 6) is -1.99. The fourth-order valence-electron chi connectivity index (χ4n) is 1.73. The van der Waals surface area contributed by atoms with E-state index in [-0.39, 0.29) is 23.8 Å². The minimum absolute atomic E-state index is 0.0749. The number of carbonyl (C=O) groups is 2. The van der Waals surface area contributed by atoms with E-state index in [1.165, 1.54) is 12.1 Å². The Kier molecular flexibility index (Phi) is 2.92. The summed E-state index contributed by atoms with van der Waals surface area (Å²) in [5, 5.41) is 0.251. The van der Waals surface area contributed by atoms with Crippen LogP contribution in [0.5, 0.6) is 0 Å². The monoisotopic (exact) mass is 242 g/mol. The van der Waals surface area contributed by atoms with Crippen molar-refractivity contribution < 1.29 is 18.7 Å². The van der Waals surface area contributed by atoms with Gasteiger partial charge in [-0.1, -0.05) is 11.6 Å². The van der Waals surface area contributed by atoms with E-state index in [0.29, 0.717) is 5.56 Å². The molecule has 1 aromatic carbocycles. The summed E-state index contributed by atoms with van der Waals surface area (Å²) < 4.78 is 17.5. The van der Waals surface area contributed by atoms with E-state index in [1.54, 1.807) is 6.07 Å². The zero-order valence-corrected chi connectivity index (χ0v) is 8.96. The first-order chi connectivity index (χ1) is 7.54. The molecular formula is C11H8ClFO3. The third-order valence-corrected chi connectivity index (χ3v) is 2.63. The standard InChI is InChI=1S/C11H8ClFO3/c12-8-1-6(2-9(13)5-8)7-3-10(14)16-11(15)4-7/h1-2,5,7H,3-4H2. The molecule has 5 heteroatoms. The van der Waals surface area contributed by atoms with E-state index in [1.807, 2.05) is 0 Å². The van der Waals surface area contributed by atoms with Gasteiger partial charge in [-0.15, -0.1) is 0 Å². The summed E-state index contributed by atoms with van der Waals surface area (Å²) in [7, 11) is 0. The number of halogens is 2. The normalized spacial score (nSPS) is 17.4. The Balaban J connectivity index is 2.29. The molecule has 3 nitrogen and oxygen atoms in total. The highest BCUT2D eigenvalue weighted by atomic mass is 35.5. The van der Waals surface area contributed by atoms with Gasteiger partial charge in [0, 0.05) is 10.9 Å². The molecule has 1 fully saturated rings. The second-order valence-corrected chi connectivity index (χ2v) is 4.09. The van der Waals surface area contributed by atoms with Gasteiger partial charge in [0.1, 0.15) is 5.82 Å². The van der Waals surface area contributed by atoms with Crippen molar-refractivity contribution >= 4 is 23.5 Å². The average Bonchev–Trinajstić information content (AvgIpc) is 2.14. The molecule has 2 rings (SSSR count). The molecule has 0 aromatic heterocycles. The third-order valence-electron chi connectivity index (χ3n) is 2.41. The van der Waals surface area contributed by atoms with Crippen LogP contribution < -0.4 is 0 Å². The highest BCUT2D eigenvalue weighted by Crippen LogP contribution is 2.30. The minimum Gasteiger partial charge on any atom is -0.393 e. The van der Waals surface area contributed by atoms with Crippen LogP contribution in [0.4, 0.5) is 4.39 Å². The van der Waals surface area contributed by atoms with Crippen LogP contribution in [0.1, 0.15) is 24.3 Å². The molecule has 1 aromatic rings. The topological polar surface area (TPSA) is 43.4 Å². The fourth-order valence-corrected chi connectivity index (χ4v) is 1.96. The lowest BCUT2D eigenvalue weighted by atomic mass is 9.91. The van der Waals surface area contributed by atoms with E-state index in [4.69, 9.17) is 11.6 Å². The van der Waals surface area contributed by atoms with E-state index < -0.39 is 17.8 Å². The zero-order chi connectivity index (χ0) is 11.7. The summed E-state index contributed by atoms with van der Waals surface area (Å²) in [4.78, 5) is 22.1. The molecule has 16 heavy (non-hydrogen) atoms. The van der Waals surface area contributed by atoms with Gasteiger partial charge >= 0.3 is 11.9 Å². The lowest BCUT2D eigenvalue weighted by Crippen LogP contribution is -2.24. The maximum absolute atomic E-state index is 13.1. The largest absolute Gasteiger partial charge is 0.393 e. The number of rotatable bonds is 1. The smallest absolute Gasteiger partial charge is 0.314 e. The van der Waals surface area contributed by atoms with Crippen LogP contribution in [0.25, 0.3) is 0 Å². The number of cyclic esters (lactones) is 2. The molecule has 1 saturated heterocycles. The van der Waals surface area contributed by atoms with Gasteiger partial charge in [-0.25, -0.2) is 4.39 Å². The molecule has 1 heterocycles. The number of esters is 2. The van der Waals surface area contributed by atoms with Crippen molar-refractivity contribution in [2.75, 3.05) is 0 Å². The quantitative estimate of drug-likeness (QED) is 0.561. The second kappa shape index (κ2) is 4.22. The van der Waals surface area contributed by atoms with Crippen LogP contribution >= 0.6 is 11.6 Å². The van der Waals surface area contributed by atoms with E-state index in [0.717, 1.165) is 0 Å². The fraction of sp³-hybridized carbons (Fsp3) is 0.273. The highest BCUT2D eigenvalue weighted by molar-refractivity contribution is 6.30. The maximum Gasteiger partial charge on any atom is 0.314 e. The predicted molar refractivity (Wildman–Crippen MR) is 54.5 cm³/mol. The van der Waals surface area contributed by atoms with Crippen LogP contribution in [0.3, 0.4) is 0 Å². The number of hydrogen-bond donors (Lipinski definition) is 0. The van der Waals surface area contributed by atoms with E-state index in [9.17, 15) is 14.0 Å². The van der Waals surface area contributed by atoms with E-state index in [2.05, 4.69) is 4.74 Å². The number of hydrogen-bond acceptors (Lipinski definition) is 3. The zero-order valence-electron chi connectivity index (χ0n) is 8.20. The molecule has 0 aliphatic carbocycles. The molecule has 1 aliphatic heterocycles. The van der Waals surface area contributed by atoms with E-state index >= 15 is 0 Å². The molecule has 0 bridgehead atoms. The summed E-state index contributed by atoms with van der Waals surface area (Å²) in [6, 6.07) is 4.01. The Morgan fingerprint density at radius 2 is 1.81 bits per heavy atom. The van der Waals surface area contributed by atoms with Gasteiger partial charge in [0.15, 0.2) is 0 Å². The summed E-state index contributed by atoms with van der Waals surface area (Å²) >= 11 is 5.70. The van der Waals surface area contributed by atoms with Crippen molar-refractivity contribution in [3.63, 3.8) is 0 Å². The Morgan fingerprint density at radius 1 is 1.19 bits per heavy atom. The molecule has 0 unspecified atom stereocenters. The van der Waals surface area contributed by atoms with Gasteiger partial charge in [0.25, 0.3) is 0 Å². The van der Waals surface area contributed by atoms with Gasteiger partial charge < -0.3 is 4.74 Å². The van der Waals surface area contributed by atoms with Gasteiger partial charge in [-0.3, -0.25) is 9.59 Å². The minimum atomic E-state index is -0.582. The second-order valence-electron chi connectivity index (χ2n) is 3.65. The first-order valence-corrected chi connectivity index (χ1v) is 5.12. The number of ether oxygens (including phenoxy) is 1. The summed E-state index contributed by atoms with van der Waals surface area (Å²) in [5.41, 5.74) is 0.551. The van der Waals surface area contributed by atoms with Gasteiger partial charge in [-0.2, -0.15) is 0 Å². The Hall–Kier alpha value is -1.42. The van der Waals surface area contributed by atoms with Crippen molar-refractivity contribution in [2.24, 2.45) is 0 Å². The SMILES string of the molecule is O=C1CC(c2cc(F)cc(Cl)c2)CC(=O)O1. The first-order valence-electron chi connectivity index (χ1n) is 4.74. The van der Waals surface area contributed by atoms with Crippen molar-refractivity contribution in [1.29, 1.82) is 0 Å². The molecule has 0 N–H and O–H groups in total. The van der Waals surface area contributed by atoms with Crippen LogP contribution in [0.15, 0.2) is 18.2 Å². The lowest BCUT2D eigenvalue weighted by molar-refractivity contribution is -0.163. The van der Waals surface area contributed by atoms with Crippen LogP contribution in [0.2, 0.25) is 5.02 Å². The van der Waals surface area contributed by atoms with Crippen molar-refractivity contribution in [1.82, 2.24) is 0 Å². The molecule has 0 radical (unpaired) electrons. The highest BCUT2D eigenvalue weighted by Gasteiger charge is 2.28. The van der Waals surface area contributed by atoms with Crippen molar-refractivity contribution in [2.45, 2.75) is 18.8 Å². The summed E-state index contributed by atoms with van der Waals surface area (Å²) in [6.45, 7) is 0. The Morgan fingerprint density at radius 3 is 2.38 bits per heavy atom. The Bertz CT molecular complexity index is 422. The maximum atomic E-state index is 13.1. The average molecular weight is 243 g/mol. The summed E-state index contributed by atoms with van der Waals surface area (Å²) in [6.07, 6.45) is 0.150. The molecule has 1 aliphatic rings. The molecule has 0 atom stereocenters.